The Balaban J connectivity index is 1.99. The first-order valence-corrected chi connectivity index (χ1v) is 7.66. The van der Waals surface area contributed by atoms with Crippen LogP contribution in [0.5, 0.6) is 5.75 Å². The first-order chi connectivity index (χ1) is 11.7. The van der Waals surface area contributed by atoms with Crippen molar-refractivity contribution in [2.75, 3.05) is 4.90 Å². The second-order valence-corrected chi connectivity index (χ2v) is 5.86. The van der Waals surface area contributed by atoms with Gasteiger partial charge >= 0.3 is 6.11 Å². The summed E-state index contributed by atoms with van der Waals surface area (Å²) in [5, 5.41) is -0.266. The number of rotatable bonds is 4. The van der Waals surface area contributed by atoms with E-state index in [9.17, 15) is 22.8 Å². The molecule has 0 saturated carbocycles. The Morgan fingerprint density at radius 2 is 1.60 bits per heavy atom. The minimum absolute atomic E-state index is 0.0496. The number of alkyl halides is 4. The molecule has 2 amide bonds. The lowest BCUT2D eigenvalue weighted by Crippen LogP contribution is -2.33. The zero-order valence-corrected chi connectivity index (χ0v) is 13.7. The van der Waals surface area contributed by atoms with Crippen molar-refractivity contribution in [3.63, 3.8) is 0 Å². The molecular formula is C16H8Cl2F3NO3. The van der Waals surface area contributed by atoms with Gasteiger partial charge in [0, 0.05) is 6.07 Å². The molecule has 9 heteroatoms. The van der Waals surface area contributed by atoms with Gasteiger partial charge in [0.15, 0.2) is 0 Å². The third-order valence-electron chi connectivity index (χ3n) is 3.47. The molecule has 0 radical (unpaired) electrons. The molecule has 4 nitrogen and oxygen atoms in total. The number of halogens is 5. The molecule has 3 rings (SSSR count). The van der Waals surface area contributed by atoms with E-state index in [1.807, 2.05) is 0 Å². The van der Waals surface area contributed by atoms with Gasteiger partial charge in [-0.1, -0.05) is 35.3 Å². The quantitative estimate of drug-likeness (QED) is 0.564. The summed E-state index contributed by atoms with van der Waals surface area (Å²) >= 11 is 10.5. The monoisotopic (exact) mass is 389 g/mol. The van der Waals surface area contributed by atoms with Crippen LogP contribution in [-0.4, -0.2) is 23.6 Å². The normalized spacial score (nSPS) is 15.3. The number of ether oxygens (including phenoxy) is 1. The van der Waals surface area contributed by atoms with E-state index in [2.05, 4.69) is 4.74 Å². The second-order valence-electron chi connectivity index (χ2n) is 5.07. The highest BCUT2D eigenvalue weighted by Crippen LogP contribution is 2.37. The van der Waals surface area contributed by atoms with Crippen molar-refractivity contribution in [1.29, 1.82) is 0 Å². The molecule has 130 valence electrons. The molecule has 0 aromatic heterocycles. The minimum Gasteiger partial charge on any atom is -0.428 e. The number of imide groups is 1. The average molecular weight is 390 g/mol. The number of nitrogens with zero attached hydrogens (tertiary/aromatic N) is 1. The Labute approximate surface area is 149 Å². The molecule has 1 aliphatic rings. The molecule has 0 aliphatic carbocycles. The van der Waals surface area contributed by atoms with E-state index in [4.69, 9.17) is 23.2 Å². The highest BCUT2D eigenvalue weighted by atomic mass is 35.5. The average Bonchev–Trinajstić information content (AvgIpc) is 2.81. The van der Waals surface area contributed by atoms with Crippen LogP contribution in [0.3, 0.4) is 0 Å². The summed E-state index contributed by atoms with van der Waals surface area (Å²) in [4.78, 5) is 25.6. The van der Waals surface area contributed by atoms with Crippen LogP contribution in [-0.2, 0) is 0 Å². The van der Waals surface area contributed by atoms with Gasteiger partial charge < -0.3 is 4.74 Å². The molecule has 2 aromatic carbocycles. The van der Waals surface area contributed by atoms with Crippen LogP contribution in [0.1, 0.15) is 20.7 Å². The van der Waals surface area contributed by atoms with Crippen LogP contribution in [0, 0.1) is 0 Å². The van der Waals surface area contributed by atoms with Crippen molar-refractivity contribution in [1.82, 2.24) is 0 Å². The molecule has 0 spiro atoms. The van der Waals surface area contributed by atoms with Gasteiger partial charge in [-0.15, -0.1) is 0 Å². The molecule has 1 unspecified atom stereocenters. The Hall–Kier alpha value is -2.25. The number of amides is 2. The smallest absolute Gasteiger partial charge is 0.428 e. The van der Waals surface area contributed by atoms with Crippen molar-refractivity contribution in [2.24, 2.45) is 0 Å². The Bertz CT molecular complexity index is 838. The highest BCUT2D eigenvalue weighted by molar-refractivity contribution is 6.35. The number of carbonyl (C=O) groups is 2. The fraction of sp³-hybridized carbons (Fsp3) is 0.125. The Morgan fingerprint density at radius 3 is 2.12 bits per heavy atom. The molecule has 0 saturated heterocycles. The molecule has 1 heterocycles. The molecule has 1 atom stereocenters. The standard InChI is InChI=1S/C16H8Cl2F3NO3/c17-11-6-5-8(7-12(11)25-16(20,21)15(18)19)22-13(23)9-3-1-2-4-10(9)14(22)24/h1-7,15H. The molecule has 25 heavy (non-hydrogen) atoms. The van der Waals surface area contributed by atoms with Crippen LogP contribution < -0.4 is 9.64 Å². The third-order valence-corrected chi connectivity index (χ3v) is 4.03. The highest BCUT2D eigenvalue weighted by Gasteiger charge is 2.43. The maximum Gasteiger partial charge on any atom is 0.444 e. The van der Waals surface area contributed by atoms with Gasteiger partial charge in [0.2, 0.25) is 0 Å². The largest absolute Gasteiger partial charge is 0.444 e. The zero-order chi connectivity index (χ0) is 18.4. The topological polar surface area (TPSA) is 46.6 Å². The maximum absolute atomic E-state index is 13.4. The summed E-state index contributed by atoms with van der Waals surface area (Å²) in [6, 6.07) is 9.49. The Kier molecular flexibility index (Phi) is 4.38. The second kappa shape index (κ2) is 6.24. The first-order valence-electron chi connectivity index (χ1n) is 6.84. The summed E-state index contributed by atoms with van der Waals surface area (Å²) in [6.07, 6.45) is -4.34. The van der Waals surface area contributed by atoms with E-state index < -0.39 is 29.3 Å². The molecule has 0 fully saturated rings. The van der Waals surface area contributed by atoms with Crippen LogP contribution in [0.25, 0.3) is 0 Å². The molecular weight excluding hydrogens is 382 g/mol. The zero-order valence-electron chi connectivity index (χ0n) is 12.2. The van der Waals surface area contributed by atoms with Crippen molar-refractivity contribution in [3.05, 3.63) is 58.6 Å². The van der Waals surface area contributed by atoms with Crippen molar-refractivity contribution >= 4 is 40.7 Å². The fourth-order valence-electron chi connectivity index (χ4n) is 2.32. The summed E-state index contributed by atoms with van der Waals surface area (Å²) < 4.78 is 43.7. The van der Waals surface area contributed by atoms with Crippen LogP contribution in [0.2, 0.25) is 5.02 Å². The van der Waals surface area contributed by atoms with Gasteiger partial charge in [0.1, 0.15) is 5.75 Å². The van der Waals surface area contributed by atoms with E-state index >= 15 is 0 Å². The van der Waals surface area contributed by atoms with Gasteiger partial charge in [0.25, 0.3) is 17.4 Å². The first kappa shape index (κ1) is 17.6. The van der Waals surface area contributed by atoms with Crippen molar-refractivity contribution < 1.29 is 27.5 Å². The number of hydrogen-bond donors (Lipinski definition) is 0. The van der Waals surface area contributed by atoms with E-state index in [1.165, 1.54) is 18.2 Å². The molecule has 1 aliphatic heterocycles. The van der Waals surface area contributed by atoms with Gasteiger partial charge in [-0.25, -0.2) is 9.29 Å². The molecule has 0 bridgehead atoms. The van der Waals surface area contributed by atoms with E-state index in [1.54, 1.807) is 12.1 Å². The molecule has 0 N–H and O–H groups in total. The van der Waals surface area contributed by atoms with Gasteiger partial charge in [-0.3, -0.25) is 9.59 Å². The van der Waals surface area contributed by atoms with Gasteiger partial charge in [-0.2, -0.15) is 8.78 Å². The summed E-state index contributed by atoms with van der Waals surface area (Å²) in [6.45, 7) is 0. The van der Waals surface area contributed by atoms with Crippen molar-refractivity contribution in [2.45, 2.75) is 11.7 Å². The number of carbonyl (C=O) groups excluding carboxylic acids is 2. The number of hydrogen-bond acceptors (Lipinski definition) is 3. The third kappa shape index (κ3) is 3.05. The van der Waals surface area contributed by atoms with Gasteiger partial charge in [0.05, 0.1) is 21.8 Å². The predicted molar refractivity (Wildman–Crippen MR) is 85.4 cm³/mol. The van der Waals surface area contributed by atoms with Crippen LogP contribution in [0.15, 0.2) is 42.5 Å². The maximum atomic E-state index is 13.4. The lowest BCUT2D eigenvalue weighted by molar-refractivity contribution is -0.198. The number of fused-ring (bicyclic) bond motifs is 1. The van der Waals surface area contributed by atoms with E-state index in [-0.39, 0.29) is 21.8 Å². The lowest BCUT2D eigenvalue weighted by Gasteiger charge is -2.20. The number of benzene rings is 2. The predicted octanol–water partition coefficient (Wildman–Crippen LogP) is 4.65. The summed E-state index contributed by atoms with van der Waals surface area (Å²) in [5.41, 5.74) is -2.79. The van der Waals surface area contributed by atoms with Gasteiger partial charge in [-0.05, 0) is 24.3 Å². The number of anilines is 1. The van der Waals surface area contributed by atoms with Crippen LogP contribution in [0.4, 0.5) is 18.9 Å². The SMILES string of the molecule is O=C1c2ccccc2C(=O)N1c1ccc(Cl)c(OC(F)(F)C(F)Cl)c1. The van der Waals surface area contributed by atoms with E-state index in [0.29, 0.717) is 0 Å². The van der Waals surface area contributed by atoms with Crippen LogP contribution >= 0.6 is 23.2 Å². The fourth-order valence-corrected chi connectivity index (χ4v) is 2.52. The van der Waals surface area contributed by atoms with Crippen molar-refractivity contribution in [3.8, 4) is 5.75 Å². The summed E-state index contributed by atoms with van der Waals surface area (Å²) in [5.74, 6) is -1.87. The molecule has 2 aromatic rings. The Morgan fingerprint density at radius 1 is 1.04 bits per heavy atom. The minimum atomic E-state index is -4.34. The summed E-state index contributed by atoms with van der Waals surface area (Å²) in [7, 11) is 0. The van der Waals surface area contributed by atoms with E-state index in [0.717, 1.165) is 17.0 Å². The lowest BCUT2D eigenvalue weighted by atomic mass is 10.1.